The van der Waals surface area contributed by atoms with Gasteiger partial charge in [-0.05, 0) is 19.4 Å². The number of amidine groups is 1. The fraction of sp³-hybridized carbons (Fsp3) is 0.250. The van der Waals surface area contributed by atoms with E-state index in [4.69, 9.17) is 0 Å². The minimum absolute atomic E-state index is 0.725. The van der Waals surface area contributed by atoms with Gasteiger partial charge in [0.25, 0.3) is 0 Å². The molecule has 2 heterocycles. The van der Waals surface area contributed by atoms with Crippen molar-refractivity contribution in [1.29, 1.82) is 0 Å². The maximum absolute atomic E-state index is 4.23. The Morgan fingerprint density at radius 2 is 2.17 bits per heavy atom. The van der Waals surface area contributed by atoms with E-state index >= 15 is 0 Å². The Balaban J connectivity index is 2.30. The van der Waals surface area contributed by atoms with Crippen molar-refractivity contribution in [2.45, 2.75) is 13.8 Å². The van der Waals surface area contributed by atoms with Gasteiger partial charge in [0.15, 0.2) is 5.84 Å². The molecular weight excluding hydrogens is 152 g/mol. The molecule has 12 heavy (non-hydrogen) atoms. The number of aliphatic imine (C=N–C) groups is 1. The standard InChI is InChI=1S/C8H9N4/c1-5-3-10-12-7(5)8-9-4-6(2)11-8/h3-4H,1-2H3,(H,10,12). The highest BCUT2D eigenvalue weighted by Crippen LogP contribution is 2.09. The van der Waals surface area contributed by atoms with Crippen molar-refractivity contribution in [2.75, 3.05) is 0 Å². The molecule has 0 amide bonds. The van der Waals surface area contributed by atoms with Gasteiger partial charge in [0.2, 0.25) is 0 Å². The van der Waals surface area contributed by atoms with Crippen LogP contribution in [0.3, 0.4) is 0 Å². The third-order valence-electron chi connectivity index (χ3n) is 1.71. The molecule has 1 radical (unpaired) electrons. The van der Waals surface area contributed by atoms with Gasteiger partial charge in [-0.25, -0.2) is 10.3 Å². The minimum atomic E-state index is 0.725. The molecule has 1 aliphatic rings. The first-order valence-corrected chi connectivity index (χ1v) is 3.74. The average Bonchev–Trinajstić information content (AvgIpc) is 2.58. The van der Waals surface area contributed by atoms with Crippen LogP contribution in [0.4, 0.5) is 0 Å². The van der Waals surface area contributed by atoms with Gasteiger partial charge in [0.05, 0.1) is 18.1 Å². The second-order valence-corrected chi connectivity index (χ2v) is 2.76. The van der Waals surface area contributed by atoms with Crippen molar-refractivity contribution >= 4 is 5.84 Å². The van der Waals surface area contributed by atoms with Crippen LogP contribution < -0.4 is 5.32 Å². The van der Waals surface area contributed by atoms with Crippen molar-refractivity contribution in [3.8, 4) is 0 Å². The predicted molar refractivity (Wildman–Crippen MR) is 45.8 cm³/mol. The first-order valence-electron chi connectivity index (χ1n) is 3.74. The second-order valence-electron chi connectivity index (χ2n) is 2.76. The van der Waals surface area contributed by atoms with Gasteiger partial charge in [-0.1, -0.05) is 0 Å². The maximum Gasteiger partial charge on any atom is 0.178 e. The number of nitrogens with zero attached hydrogens (tertiary/aromatic N) is 3. The molecule has 0 saturated carbocycles. The van der Waals surface area contributed by atoms with E-state index in [1.165, 1.54) is 0 Å². The zero-order valence-corrected chi connectivity index (χ0v) is 7.00. The summed E-state index contributed by atoms with van der Waals surface area (Å²) < 4.78 is 0. The van der Waals surface area contributed by atoms with Gasteiger partial charge in [-0.15, -0.1) is 0 Å². The molecule has 0 atom stereocenters. The summed E-state index contributed by atoms with van der Waals surface area (Å²) in [5.41, 5.74) is 2.91. The lowest BCUT2D eigenvalue weighted by Crippen LogP contribution is -2.12. The predicted octanol–water partition coefficient (Wildman–Crippen LogP) is 0.944. The summed E-state index contributed by atoms with van der Waals surface area (Å²) >= 11 is 0. The van der Waals surface area contributed by atoms with Gasteiger partial charge >= 0.3 is 0 Å². The van der Waals surface area contributed by atoms with E-state index in [1.807, 2.05) is 13.8 Å². The first kappa shape index (κ1) is 7.09. The zero-order chi connectivity index (χ0) is 8.55. The number of nitrogens with one attached hydrogen (secondary N) is 1. The third kappa shape index (κ3) is 1.01. The molecule has 61 valence electrons. The third-order valence-corrected chi connectivity index (χ3v) is 1.71. The van der Waals surface area contributed by atoms with Crippen LogP contribution >= 0.6 is 0 Å². The Kier molecular flexibility index (Phi) is 1.46. The maximum atomic E-state index is 4.23. The van der Waals surface area contributed by atoms with Gasteiger partial charge in [-0.2, -0.15) is 5.10 Å². The molecule has 4 nitrogen and oxygen atoms in total. The SMILES string of the molecule is CC1=CN=C(c2[nH]ncc2C)[N]1. The first-order chi connectivity index (χ1) is 5.77. The van der Waals surface area contributed by atoms with E-state index in [9.17, 15) is 0 Å². The number of aryl methyl sites for hydroxylation is 1. The summed E-state index contributed by atoms with van der Waals surface area (Å²) in [6.07, 6.45) is 3.51. The molecule has 1 aromatic heterocycles. The van der Waals surface area contributed by atoms with Crippen LogP contribution in [0, 0.1) is 6.92 Å². The summed E-state index contributed by atoms with van der Waals surface area (Å²) in [4.78, 5) is 4.14. The lowest BCUT2D eigenvalue weighted by molar-refractivity contribution is 1.05. The Bertz CT molecular complexity index is 359. The summed E-state index contributed by atoms with van der Waals surface area (Å²) in [7, 11) is 0. The molecule has 0 unspecified atom stereocenters. The highest BCUT2D eigenvalue weighted by atomic mass is 15.2. The van der Waals surface area contributed by atoms with Crippen LogP contribution in [0.2, 0.25) is 0 Å². The fourth-order valence-electron chi connectivity index (χ4n) is 1.07. The summed E-state index contributed by atoms with van der Waals surface area (Å²) in [5.74, 6) is 0.725. The Labute approximate surface area is 70.4 Å². The number of aromatic nitrogens is 2. The van der Waals surface area contributed by atoms with E-state index < -0.39 is 0 Å². The van der Waals surface area contributed by atoms with Gasteiger partial charge < -0.3 is 0 Å². The van der Waals surface area contributed by atoms with Crippen molar-refractivity contribution in [3.63, 3.8) is 0 Å². The largest absolute Gasteiger partial charge is 0.274 e. The topological polar surface area (TPSA) is 55.1 Å². The monoisotopic (exact) mass is 161 g/mol. The minimum Gasteiger partial charge on any atom is -0.274 e. The van der Waals surface area contributed by atoms with Gasteiger partial charge in [0, 0.05) is 0 Å². The van der Waals surface area contributed by atoms with Gasteiger partial charge in [0.1, 0.15) is 5.69 Å². The van der Waals surface area contributed by atoms with E-state index in [-0.39, 0.29) is 0 Å². The molecule has 0 spiro atoms. The van der Waals surface area contributed by atoms with Crippen LogP contribution in [0.15, 0.2) is 23.1 Å². The molecule has 1 N–H and O–H groups in total. The van der Waals surface area contributed by atoms with Crippen molar-refractivity contribution in [2.24, 2.45) is 4.99 Å². The average molecular weight is 161 g/mol. The molecule has 0 saturated heterocycles. The number of H-pyrrole nitrogens is 1. The summed E-state index contributed by atoms with van der Waals surface area (Å²) in [6, 6.07) is 0. The lowest BCUT2D eigenvalue weighted by atomic mass is 10.2. The normalized spacial score (nSPS) is 15.5. The fourth-order valence-corrected chi connectivity index (χ4v) is 1.07. The van der Waals surface area contributed by atoms with E-state index in [0.29, 0.717) is 0 Å². The van der Waals surface area contributed by atoms with E-state index in [1.54, 1.807) is 12.4 Å². The molecule has 0 aliphatic carbocycles. The molecule has 4 heteroatoms. The summed E-state index contributed by atoms with van der Waals surface area (Å²) in [6.45, 7) is 3.90. The number of aromatic amines is 1. The number of hydrogen-bond acceptors (Lipinski definition) is 2. The van der Waals surface area contributed by atoms with Crippen LogP contribution in [0.25, 0.3) is 0 Å². The zero-order valence-electron chi connectivity index (χ0n) is 7.00. The van der Waals surface area contributed by atoms with Crippen LogP contribution in [0.5, 0.6) is 0 Å². The molecule has 1 aliphatic heterocycles. The van der Waals surface area contributed by atoms with Crippen LogP contribution in [-0.2, 0) is 0 Å². The number of rotatable bonds is 1. The molecule has 1 aromatic rings. The molecular formula is C8H9N4. The van der Waals surface area contributed by atoms with Crippen molar-refractivity contribution in [1.82, 2.24) is 15.5 Å². The summed E-state index contributed by atoms with van der Waals surface area (Å²) in [5, 5.41) is 11.0. The number of allylic oxidation sites excluding steroid dienone is 1. The van der Waals surface area contributed by atoms with Crippen LogP contribution in [-0.4, -0.2) is 16.0 Å². The highest BCUT2D eigenvalue weighted by Gasteiger charge is 2.13. The smallest absolute Gasteiger partial charge is 0.178 e. The Morgan fingerprint density at radius 1 is 1.33 bits per heavy atom. The number of hydrogen-bond donors (Lipinski definition) is 1. The lowest BCUT2D eigenvalue weighted by Gasteiger charge is -1.97. The molecule has 0 fully saturated rings. The van der Waals surface area contributed by atoms with E-state index in [2.05, 4.69) is 20.5 Å². The highest BCUT2D eigenvalue weighted by molar-refractivity contribution is 6.00. The quantitative estimate of drug-likeness (QED) is 0.654. The van der Waals surface area contributed by atoms with E-state index in [0.717, 1.165) is 22.8 Å². The van der Waals surface area contributed by atoms with Crippen molar-refractivity contribution < 1.29 is 0 Å². The van der Waals surface area contributed by atoms with Gasteiger partial charge in [-0.3, -0.25) is 5.10 Å². The van der Waals surface area contributed by atoms with Crippen LogP contribution in [0.1, 0.15) is 18.2 Å². The second kappa shape index (κ2) is 2.48. The molecule has 0 bridgehead atoms. The Hall–Kier alpha value is -1.58. The molecule has 2 rings (SSSR count). The molecule has 0 aromatic carbocycles. The Morgan fingerprint density at radius 3 is 2.67 bits per heavy atom. The van der Waals surface area contributed by atoms with Crippen molar-refractivity contribution in [3.05, 3.63) is 29.4 Å².